The normalized spacial score (nSPS) is 36.1. The van der Waals surface area contributed by atoms with Gasteiger partial charge in [0, 0.05) is 12.0 Å². The Morgan fingerprint density at radius 1 is 1.19 bits per heavy atom. The van der Waals surface area contributed by atoms with Crippen LogP contribution in [-0.4, -0.2) is 25.0 Å². The molecule has 1 amide bonds. The van der Waals surface area contributed by atoms with Crippen molar-refractivity contribution in [3.63, 3.8) is 0 Å². The van der Waals surface area contributed by atoms with Gasteiger partial charge in [0.2, 0.25) is 5.91 Å². The molecule has 1 N–H and O–H groups in total. The van der Waals surface area contributed by atoms with Gasteiger partial charge in [0.15, 0.2) is 0 Å². The van der Waals surface area contributed by atoms with Crippen LogP contribution in [0.25, 0.3) is 0 Å². The van der Waals surface area contributed by atoms with Gasteiger partial charge in [0.1, 0.15) is 0 Å². The molecule has 3 saturated carbocycles. The number of ether oxygens (including phenoxy) is 1. The van der Waals surface area contributed by atoms with Crippen molar-refractivity contribution in [2.45, 2.75) is 53.5 Å². The second kappa shape index (κ2) is 5.62. The smallest absolute Gasteiger partial charge is 0.309 e. The fraction of sp³-hybridized carbons (Fsp3) is 0.882. The molecule has 0 aromatic carbocycles. The molecule has 6 unspecified atom stereocenters. The molecule has 3 aliphatic rings. The van der Waals surface area contributed by atoms with E-state index in [4.69, 9.17) is 4.74 Å². The first-order valence-corrected chi connectivity index (χ1v) is 8.08. The van der Waals surface area contributed by atoms with E-state index in [1.807, 2.05) is 0 Å². The highest BCUT2D eigenvalue weighted by atomic mass is 16.5. The van der Waals surface area contributed by atoms with Gasteiger partial charge >= 0.3 is 5.97 Å². The van der Waals surface area contributed by atoms with Crippen molar-refractivity contribution >= 4 is 11.9 Å². The molecule has 3 fully saturated rings. The minimum absolute atomic E-state index is 0.0242. The maximum absolute atomic E-state index is 12.4. The number of carbonyl (C=O) groups excluding carboxylic acids is 2. The number of rotatable bonds is 4. The van der Waals surface area contributed by atoms with Crippen LogP contribution in [0.15, 0.2) is 0 Å². The zero-order valence-corrected chi connectivity index (χ0v) is 14.1. The Bertz CT molecular complexity index is 432. The van der Waals surface area contributed by atoms with Gasteiger partial charge in [0.25, 0.3) is 0 Å². The Balaban J connectivity index is 1.94. The van der Waals surface area contributed by atoms with Gasteiger partial charge in [-0.25, -0.2) is 0 Å². The maximum Gasteiger partial charge on any atom is 0.309 e. The van der Waals surface area contributed by atoms with E-state index in [1.54, 1.807) is 13.8 Å². The van der Waals surface area contributed by atoms with E-state index in [0.717, 1.165) is 12.3 Å². The van der Waals surface area contributed by atoms with Crippen molar-refractivity contribution in [3.05, 3.63) is 0 Å². The number of methoxy groups -OCH3 is 1. The minimum Gasteiger partial charge on any atom is -0.469 e. The summed E-state index contributed by atoms with van der Waals surface area (Å²) in [5.41, 5.74) is 0.422. The van der Waals surface area contributed by atoms with Gasteiger partial charge in [-0.15, -0.1) is 0 Å². The molecule has 4 heteroatoms. The number of nitrogens with one attached hydrogen (secondary N) is 1. The predicted molar refractivity (Wildman–Crippen MR) is 81.4 cm³/mol. The fourth-order valence-corrected chi connectivity index (χ4v) is 4.27. The van der Waals surface area contributed by atoms with Gasteiger partial charge < -0.3 is 10.1 Å². The van der Waals surface area contributed by atoms with Gasteiger partial charge in [-0.3, -0.25) is 9.59 Å². The first-order valence-electron chi connectivity index (χ1n) is 8.08. The first-order chi connectivity index (χ1) is 9.70. The average Bonchev–Trinajstić information content (AvgIpc) is 2.45. The summed E-state index contributed by atoms with van der Waals surface area (Å²) in [6, 6.07) is 0.251. The van der Waals surface area contributed by atoms with Crippen LogP contribution in [0.5, 0.6) is 0 Å². The Labute approximate surface area is 128 Å². The lowest BCUT2D eigenvalue weighted by Crippen LogP contribution is -2.61. The van der Waals surface area contributed by atoms with Crippen molar-refractivity contribution in [2.75, 3.05) is 7.11 Å². The fourth-order valence-electron chi connectivity index (χ4n) is 4.27. The Hall–Kier alpha value is -1.06. The summed E-state index contributed by atoms with van der Waals surface area (Å²) in [7, 11) is 1.36. The molecule has 0 aromatic heterocycles. The van der Waals surface area contributed by atoms with Crippen molar-refractivity contribution in [3.8, 4) is 0 Å². The van der Waals surface area contributed by atoms with Crippen molar-refractivity contribution in [1.29, 1.82) is 0 Å². The standard InChI is InChI=1S/C17H29NO3/c1-9(10(2)16(20)21-6)15(19)18-14-8-12-7-13(11(14)3)17(12,4)5/h9-14H,7-8H2,1-6H3,(H,18,19). The van der Waals surface area contributed by atoms with E-state index in [-0.39, 0.29) is 23.8 Å². The quantitative estimate of drug-likeness (QED) is 0.811. The Morgan fingerprint density at radius 2 is 1.81 bits per heavy atom. The SMILES string of the molecule is COC(=O)C(C)C(C)C(=O)NC1CC2CC(C1C)C2(C)C. The number of carbonyl (C=O) groups is 2. The third-order valence-corrected chi connectivity index (χ3v) is 6.42. The lowest BCUT2D eigenvalue weighted by atomic mass is 9.45. The third kappa shape index (κ3) is 2.69. The maximum atomic E-state index is 12.4. The van der Waals surface area contributed by atoms with Crippen LogP contribution >= 0.6 is 0 Å². The molecule has 4 nitrogen and oxygen atoms in total. The minimum atomic E-state index is -0.403. The number of fused-ring (bicyclic) bond motifs is 2. The third-order valence-electron chi connectivity index (χ3n) is 6.42. The topological polar surface area (TPSA) is 55.4 Å². The van der Waals surface area contributed by atoms with Crippen LogP contribution in [-0.2, 0) is 14.3 Å². The van der Waals surface area contributed by atoms with E-state index in [0.29, 0.717) is 17.3 Å². The van der Waals surface area contributed by atoms with Gasteiger partial charge in [-0.05, 0) is 36.0 Å². The van der Waals surface area contributed by atoms with Crippen LogP contribution in [0.3, 0.4) is 0 Å². The molecule has 21 heavy (non-hydrogen) atoms. The summed E-state index contributed by atoms with van der Waals surface area (Å²) in [6.07, 6.45) is 2.37. The zero-order valence-electron chi connectivity index (χ0n) is 14.1. The van der Waals surface area contributed by atoms with Crippen LogP contribution < -0.4 is 5.32 Å². The summed E-state index contributed by atoms with van der Waals surface area (Å²) < 4.78 is 4.73. The molecule has 0 radical (unpaired) electrons. The first kappa shape index (κ1) is 16.3. The Morgan fingerprint density at radius 3 is 2.29 bits per heavy atom. The van der Waals surface area contributed by atoms with Crippen molar-refractivity contribution < 1.29 is 14.3 Å². The number of esters is 1. The molecule has 0 spiro atoms. The molecule has 3 rings (SSSR count). The zero-order chi connectivity index (χ0) is 15.9. The summed E-state index contributed by atoms with van der Waals surface area (Å²) in [4.78, 5) is 23.9. The van der Waals surface area contributed by atoms with Crippen LogP contribution in [0.2, 0.25) is 0 Å². The summed E-state index contributed by atoms with van der Waals surface area (Å²) in [5.74, 6) is 0.833. The molecule has 2 bridgehead atoms. The number of amides is 1. The van der Waals surface area contributed by atoms with Crippen LogP contribution in [0.1, 0.15) is 47.5 Å². The van der Waals surface area contributed by atoms with E-state index in [9.17, 15) is 9.59 Å². The van der Waals surface area contributed by atoms with E-state index < -0.39 is 5.92 Å². The molecule has 0 aliphatic heterocycles. The second-order valence-corrected chi connectivity index (χ2v) is 7.67. The monoisotopic (exact) mass is 295 g/mol. The van der Waals surface area contributed by atoms with Gasteiger partial charge in [-0.2, -0.15) is 0 Å². The molecule has 120 valence electrons. The van der Waals surface area contributed by atoms with E-state index in [1.165, 1.54) is 13.5 Å². The molecule has 0 heterocycles. The van der Waals surface area contributed by atoms with Gasteiger partial charge in [0.05, 0.1) is 13.0 Å². The molecule has 0 saturated heterocycles. The average molecular weight is 295 g/mol. The largest absolute Gasteiger partial charge is 0.469 e. The molecular formula is C17H29NO3. The molecule has 6 atom stereocenters. The molecular weight excluding hydrogens is 266 g/mol. The summed E-state index contributed by atoms with van der Waals surface area (Å²) in [6.45, 7) is 10.5. The number of hydrogen-bond donors (Lipinski definition) is 1. The van der Waals surface area contributed by atoms with Crippen molar-refractivity contribution in [2.24, 2.45) is 35.0 Å². The molecule has 3 aliphatic carbocycles. The highest BCUT2D eigenvalue weighted by molar-refractivity contribution is 5.85. The van der Waals surface area contributed by atoms with Crippen LogP contribution in [0.4, 0.5) is 0 Å². The lowest BCUT2D eigenvalue weighted by Gasteiger charge is -2.62. The van der Waals surface area contributed by atoms with Crippen LogP contribution in [0, 0.1) is 35.0 Å². The summed E-state index contributed by atoms with van der Waals surface area (Å²) in [5, 5.41) is 3.18. The van der Waals surface area contributed by atoms with Gasteiger partial charge in [-0.1, -0.05) is 34.6 Å². The highest BCUT2D eigenvalue weighted by Gasteiger charge is 2.56. The van der Waals surface area contributed by atoms with Crippen molar-refractivity contribution in [1.82, 2.24) is 5.32 Å². The Kier molecular flexibility index (Phi) is 4.36. The number of hydrogen-bond acceptors (Lipinski definition) is 3. The second-order valence-electron chi connectivity index (χ2n) is 7.67. The highest BCUT2D eigenvalue weighted by Crippen LogP contribution is 2.61. The van der Waals surface area contributed by atoms with E-state index >= 15 is 0 Å². The lowest BCUT2D eigenvalue weighted by molar-refractivity contribution is -0.150. The summed E-state index contributed by atoms with van der Waals surface area (Å²) >= 11 is 0. The predicted octanol–water partition coefficient (Wildman–Crippen LogP) is 2.62. The molecule has 0 aromatic rings. The van der Waals surface area contributed by atoms with E-state index in [2.05, 4.69) is 26.1 Å².